The van der Waals surface area contributed by atoms with E-state index in [1.54, 1.807) is 7.11 Å². The molecule has 8 heteroatoms. The Balaban J connectivity index is 2.60. The van der Waals surface area contributed by atoms with Crippen LogP contribution in [0.4, 0.5) is 0 Å². The zero-order chi connectivity index (χ0) is 25.2. The summed E-state index contributed by atoms with van der Waals surface area (Å²) in [5.41, 5.74) is 24.4. The van der Waals surface area contributed by atoms with E-state index in [1.165, 1.54) is 0 Å². The first-order valence-electron chi connectivity index (χ1n) is 12.9. The summed E-state index contributed by atoms with van der Waals surface area (Å²) < 4.78 is 11.7. The number of nitrogens with two attached hydrogens (primary N) is 4. The Kier molecular flexibility index (Phi) is 13.3. The van der Waals surface area contributed by atoms with Gasteiger partial charge in [0.05, 0.1) is 24.0 Å². The Hall–Kier alpha value is -0.320. The van der Waals surface area contributed by atoms with Crippen molar-refractivity contribution < 1.29 is 9.47 Å². The lowest BCUT2D eigenvalue weighted by atomic mass is 9.90. The summed E-state index contributed by atoms with van der Waals surface area (Å²) in [5, 5.41) is 7.56. The first-order chi connectivity index (χ1) is 15.2. The van der Waals surface area contributed by atoms with Gasteiger partial charge in [0.1, 0.15) is 0 Å². The van der Waals surface area contributed by atoms with Crippen molar-refractivity contribution in [2.75, 3.05) is 13.7 Å². The molecule has 0 bridgehead atoms. The van der Waals surface area contributed by atoms with Gasteiger partial charge in [-0.05, 0) is 92.9 Å². The summed E-state index contributed by atoms with van der Waals surface area (Å²) >= 11 is 0. The smallest absolute Gasteiger partial charge is 0.0644 e. The number of methoxy groups -OCH3 is 1. The standard InChI is InChI=1S/C25H56N6O2/c1-17(26)12-19(28)14-20(29)15-22-16-21(13-18(2)27)30-23(31-22)8-9-25(5,6)33-11-10-24(3,4)32-7/h17-23,30-31H,8-16,26-29H2,1-7H3. The topological polar surface area (TPSA) is 147 Å². The molecular formula is C25H56N6O2. The average Bonchev–Trinajstić information content (AvgIpc) is 2.64. The summed E-state index contributed by atoms with van der Waals surface area (Å²) in [7, 11) is 1.75. The maximum Gasteiger partial charge on any atom is 0.0644 e. The summed E-state index contributed by atoms with van der Waals surface area (Å²) in [6, 6.07) is 1.13. The fourth-order valence-corrected chi connectivity index (χ4v) is 4.70. The van der Waals surface area contributed by atoms with Crippen molar-refractivity contribution in [1.82, 2.24) is 10.6 Å². The second-order valence-corrected chi connectivity index (χ2v) is 11.8. The Morgan fingerprint density at radius 2 is 1.42 bits per heavy atom. The van der Waals surface area contributed by atoms with Gasteiger partial charge in [-0.1, -0.05) is 0 Å². The molecule has 0 spiro atoms. The molecule has 0 aromatic heterocycles. The molecule has 1 aliphatic heterocycles. The highest BCUT2D eigenvalue weighted by atomic mass is 16.5. The molecule has 33 heavy (non-hydrogen) atoms. The van der Waals surface area contributed by atoms with Crippen molar-refractivity contribution in [3.63, 3.8) is 0 Å². The van der Waals surface area contributed by atoms with Crippen LogP contribution in [0.2, 0.25) is 0 Å². The second kappa shape index (κ2) is 14.3. The van der Waals surface area contributed by atoms with E-state index >= 15 is 0 Å². The van der Waals surface area contributed by atoms with E-state index < -0.39 is 0 Å². The van der Waals surface area contributed by atoms with E-state index in [1.807, 2.05) is 6.92 Å². The Morgan fingerprint density at radius 1 is 0.818 bits per heavy atom. The maximum absolute atomic E-state index is 6.48. The lowest BCUT2D eigenvalue weighted by molar-refractivity contribution is -0.0634. The van der Waals surface area contributed by atoms with E-state index in [0.29, 0.717) is 18.7 Å². The Labute approximate surface area is 203 Å². The summed E-state index contributed by atoms with van der Waals surface area (Å²) in [4.78, 5) is 0. The normalized spacial score (nSPS) is 26.1. The molecule has 0 aromatic carbocycles. The summed E-state index contributed by atoms with van der Waals surface area (Å²) in [6.07, 6.45) is 7.52. The van der Waals surface area contributed by atoms with E-state index in [2.05, 4.69) is 45.3 Å². The second-order valence-electron chi connectivity index (χ2n) is 11.8. The molecule has 0 radical (unpaired) electrons. The highest BCUT2D eigenvalue weighted by Gasteiger charge is 2.31. The molecule has 10 N–H and O–H groups in total. The van der Waals surface area contributed by atoms with Gasteiger partial charge in [0, 0.05) is 43.4 Å². The van der Waals surface area contributed by atoms with Gasteiger partial charge in [-0.3, -0.25) is 10.6 Å². The molecule has 1 saturated heterocycles. The van der Waals surface area contributed by atoms with Crippen LogP contribution in [0.3, 0.4) is 0 Å². The van der Waals surface area contributed by atoms with Crippen molar-refractivity contribution >= 4 is 0 Å². The van der Waals surface area contributed by atoms with Gasteiger partial charge in [-0.15, -0.1) is 0 Å². The molecule has 0 aliphatic carbocycles. The van der Waals surface area contributed by atoms with Crippen molar-refractivity contribution in [3.8, 4) is 0 Å². The van der Waals surface area contributed by atoms with E-state index in [4.69, 9.17) is 32.4 Å². The van der Waals surface area contributed by atoms with Gasteiger partial charge in [0.2, 0.25) is 0 Å². The summed E-state index contributed by atoms with van der Waals surface area (Å²) in [5.74, 6) is 0. The fraction of sp³-hybridized carbons (Fsp3) is 1.00. The average molecular weight is 473 g/mol. The lowest BCUT2D eigenvalue weighted by Crippen LogP contribution is -2.60. The SMILES string of the molecule is COC(C)(C)CCOC(C)(C)CCC1NC(CC(C)N)CC(CC(N)CC(N)CC(C)N)N1. The third-order valence-electron chi connectivity index (χ3n) is 6.75. The first kappa shape index (κ1) is 30.7. The number of nitrogens with one attached hydrogen (secondary N) is 2. The molecule has 0 amide bonds. The van der Waals surface area contributed by atoms with Crippen LogP contribution in [-0.2, 0) is 9.47 Å². The third kappa shape index (κ3) is 14.0. The largest absolute Gasteiger partial charge is 0.379 e. The number of hydrogen-bond acceptors (Lipinski definition) is 8. The van der Waals surface area contributed by atoms with Crippen LogP contribution in [-0.4, -0.2) is 67.3 Å². The summed E-state index contributed by atoms with van der Waals surface area (Å²) in [6.45, 7) is 13.3. The van der Waals surface area contributed by atoms with Gasteiger partial charge < -0.3 is 32.4 Å². The van der Waals surface area contributed by atoms with E-state index in [-0.39, 0.29) is 41.5 Å². The van der Waals surface area contributed by atoms with Gasteiger partial charge in [-0.2, -0.15) is 0 Å². The number of hydrogen-bond donors (Lipinski definition) is 6. The molecule has 0 saturated carbocycles. The van der Waals surface area contributed by atoms with Gasteiger partial charge in [0.25, 0.3) is 0 Å². The molecule has 8 nitrogen and oxygen atoms in total. The van der Waals surface area contributed by atoms with Crippen molar-refractivity contribution in [2.24, 2.45) is 22.9 Å². The molecular weight excluding hydrogens is 416 g/mol. The Morgan fingerprint density at radius 3 is 1.97 bits per heavy atom. The third-order valence-corrected chi connectivity index (χ3v) is 6.75. The molecule has 1 fully saturated rings. The minimum Gasteiger partial charge on any atom is -0.379 e. The minimum absolute atomic E-state index is 0.0541. The van der Waals surface area contributed by atoms with Crippen molar-refractivity contribution in [1.29, 1.82) is 0 Å². The van der Waals surface area contributed by atoms with Crippen molar-refractivity contribution in [3.05, 3.63) is 0 Å². The molecule has 1 rings (SSSR count). The van der Waals surface area contributed by atoms with E-state index in [9.17, 15) is 0 Å². The fourth-order valence-electron chi connectivity index (χ4n) is 4.70. The van der Waals surface area contributed by atoms with Crippen LogP contribution in [0.5, 0.6) is 0 Å². The van der Waals surface area contributed by atoms with Crippen LogP contribution in [0, 0.1) is 0 Å². The van der Waals surface area contributed by atoms with E-state index in [0.717, 1.165) is 51.4 Å². The molecule has 7 atom stereocenters. The predicted octanol–water partition coefficient (Wildman–Crippen LogP) is 1.93. The van der Waals surface area contributed by atoms with Crippen molar-refractivity contribution in [2.45, 2.75) is 147 Å². The first-order valence-corrected chi connectivity index (χ1v) is 12.9. The predicted molar refractivity (Wildman–Crippen MR) is 139 cm³/mol. The van der Waals surface area contributed by atoms with Gasteiger partial charge in [0.15, 0.2) is 0 Å². The number of rotatable bonds is 16. The van der Waals surface area contributed by atoms with Crippen LogP contribution < -0.4 is 33.6 Å². The highest BCUT2D eigenvalue weighted by Crippen LogP contribution is 2.23. The molecule has 198 valence electrons. The monoisotopic (exact) mass is 472 g/mol. The van der Waals surface area contributed by atoms with Crippen LogP contribution in [0.1, 0.15) is 92.9 Å². The lowest BCUT2D eigenvalue weighted by Gasteiger charge is -2.40. The Bertz CT molecular complexity index is 529. The number of ether oxygens (including phenoxy) is 2. The van der Waals surface area contributed by atoms with Crippen LogP contribution in [0.15, 0.2) is 0 Å². The molecule has 1 aliphatic rings. The van der Waals surface area contributed by atoms with Gasteiger partial charge in [-0.25, -0.2) is 0 Å². The maximum atomic E-state index is 6.48. The highest BCUT2D eigenvalue weighted by molar-refractivity contribution is 4.91. The zero-order valence-corrected chi connectivity index (χ0v) is 22.5. The minimum atomic E-state index is -0.196. The molecule has 7 unspecified atom stereocenters. The van der Waals surface area contributed by atoms with Gasteiger partial charge >= 0.3 is 0 Å². The quantitative estimate of drug-likeness (QED) is 0.200. The van der Waals surface area contributed by atoms with Crippen LogP contribution >= 0.6 is 0 Å². The zero-order valence-electron chi connectivity index (χ0n) is 22.5. The molecule has 1 heterocycles. The molecule has 0 aromatic rings. The van der Waals surface area contributed by atoms with Crippen LogP contribution in [0.25, 0.3) is 0 Å².